The highest BCUT2D eigenvalue weighted by Gasteiger charge is 2.38. The summed E-state index contributed by atoms with van der Waals surface area (Å²) in [6.07, 6.45) is -0.508. The normalized spacial score (nSPS) is 18.3. The van der Waals surface area contributed by atoms with Crippen molar-refractivity contribution in [3.8, 4) is 0 Å². The van der Waals surface area contributed by atoms with Crippen LogP contribution in [0.2, 0.25) is 0 Å². The van der Waals surface area contributed by atoms with Crippen LogP contribution in [0.4, 0.5) is 18.9 Å². The monoisotopic (exact) mass is 316 g/mol. The summed E-state index contributed by atoms with van der Waals surface area (Å²) >= 11 is 0. The van der Waals surface area contributed by atoms with Crippen molar-refractivity contribution in [1.29, 1.82) is 0 Å². The number of aliphatic carboxylic acids is 1. The van der Waals surface area contributed by atoms with Crippen LogP contribution in [0.15, 0.2) is 42.5 Å². The van der Waals surface area contributed by atoms with E-state index in [2.05, 4.69) is 0 Å². The zero-order valence-corrected chi connectivity index (χ0v) is 11.5. The molecule has 0 bridgehead atoms. The Labute approximate surface area is 124 Å². The van der Waals surface area contributed by atoms with Gasteiger partial charge in [0.25, 0.3) is 0 Å². The third-order valence-electron chi connectivity index (χ3n) is 2.74. The predicted molar refractivity (Wildman–Crippen MR) is 74.2 cm³/mol. The van der Waals surface area contributed by atoms with Gasteiger partial charge in [-0.2, -0.15) is 13.2 Å². The summed E-state index contributed by atoms with van der Waals surface area (Å²) in [4.78, 5) is 22.5. The minimum Gasteiger partial charge on any atom is -0.475 e. The molecule has 1 aliphatic heterocycles. The number of para-hydroxylation sites is 1. The summed E-state index contributed by atoms with van der Waals surface area (Å²) in [6.45, 7) is 0.608. The van der Waals surface area contributed by atoms with Gasteiger partial charge in [0, 0.05) is 12.2 Å². The SMILES string of the molecule is N[C@H]1CC=CCN(c2ccccc2)C1=O.O=C(O)C(F)(F)F. The van der Waals surface area contributed by atoms with Crippen LogP contribution in [0.3, 0.4) is 0 Å². The highest BCUT2D eigenvalue weighted by atomic mass is 19.4. The van der Waals surface area contributed by atoms with Gasteiger partial charge in [0.2, 0.25) is 5.91 Å². The maximum atomic E-state index is 11.9. The van der Waals surface area contributed by atoms with Gasteiger partial charge in [-0.3, -0.25) is 4.79 Å². The highest BCUT2D eigenvalue weighted by molar-refractivity contribution is 5.97. The van der Waals surface area contributed by atoms with E-state index < -0.39 is 18.2 Å². The van der Waals surface area contributed by atoms with E-state index in [1.165, 1.54) is 0 Å². The number of carboxylic acid groups (broad SMARTS) is 1. The van der Waals surface area contributed by atoms with E-state index in [-0.39, 0.29) is 5.91 Å². The van der Waals surface area contributed by atoms with Crippen molar-refractivity contribution < 1.29 is 27.9 Å². The molecule has 5 nitrogen and oxygen atoms in total. The summed E-state index contributed by atoms with van der Waals surface area (Å²) in [5.74, 6) is -2.77. The lowest BCUT2D eigenvalue weighted by molar-refractivity contribution is -0.192. The predicted octanol–water partition coefficient (Wildman–Crippen LogP) is 1.94. The molecule has 8 heteroatoms. The van der Waals surface area contributed by atoms with Crippen molar-refractivity contribution in [3.05, 3.63) is 42.5 Å². The number of hydrogen-bond donors (Lipinski definition) is 2. The second-order valence-electron chi connectivity index (χ2n) is 4.40. The van der Waals surface area contributed by atoms with E-state index >= 15 is 0 Å². The van der Waals surface area contributed by atoms with Crippen molar-refractivity contribution in [1.82, 2.24) is 0 Å². The Morgan fingerprint density at radius 2 is 1.77 bits per heavy atom. The first-order valence-electron chi connectivity index (χ1n) is 6.30. The van der Waals surface area contributed by atoms with Crippen LogP contribution in [-0.2, 0) is 9.59 Å². The van der Waals surface area contributed by atoms with Crippen LogP contribution in [0.1, 0.15) is 6.42 Å². The number of amides is 1. The van der Waals surface area contributed by atoms with Gasteiger partial charge in [0.05, 0.1) is 6.04 Å². The lowest BCUT2D eigenvalue weighted by Gasteiger charge is -2.22. The van der Waals surface area contributed by atoms with Gasteiger partial charge in [-0.15, -0.1) is 0 Å². The minimum atomic E-state index is -5.08. The Bertz CT molecular complexity index is 544. The Morgan fingerprint density at radius 1 is 1.23 bits per heavy atom. The summed E-state index contributed by atoms with van der Waals surface area (Å²) < 4.78 is 31.7. The molecule has 1 atom stereocenters. The van der Waals surface area contributed by atoms with Crippen LogP contribution < -0.4 is 10.6 Å². The number of nitrogens with two attached hydrogens (primary N) is 1. The van der Waals surface area contributed by atoms with Crippen LogP contribution >= 0.6 is 0 Å². The van der Waals surface area contributed by atoms with Crippen molar-refractivity contribution >= 4 is 17.6 Å². The Balaban J connectivity index is 0.000000295. The Kier molecular flexibility index (Phi) is 6.11. The molecule has 0 radical (unpaired) electrons. The highest BCUT2D eigenvalue weighted by Crippen LogP contribution is 2.16. The first kappa shape index (κ1) is 17.7. The minimum absolute atomic E-state index is 0.00815. The molecule has 22 heavy (non-hydrogen) atoms. The number of nitrogens with zero attached hydrogens (tertiary/aromatic N) is 1. The Hall–Kier alpha value is -2.35. The summed E-state index contributed by atoms with van der Waals surface area (Å²) in [6, 6.07) is 9.20. The first-order valence-corrected chi connectivity index (χ1v) is 6.30. The number of rotatable bonds is 1. The largest absolute Gasteiger partial charge is 0.490 e. The molecule has 1 heterocycles. The second kappa shape index (κ2) is 7.60. The first-order chi connectivity index (χ1) is 10.2. The van der Waals surface area contributed by atoms with Gasteiger partial charge < -0.3 is 15.7 Å². The molecule has 120 valence electrons. The average Bonchev–Trinajstić information content (AvgIpc) is 2.62. The topological polar surface area (TPSA) is 83.6 Å². The molecule has 0 unspecified atom stereocenters. The molecule has 1 aromatic rings. The van der Waals surface area contributed by atoms with Crippen molar-refractivity contribution in [2.75, 3.05) is 11.4 Å². The molecule has 1 aromatic carbocycles. The molecule has 1 aliphatic rings. The Morgan fingerprint density at radius 3 is 2.27 bits per heavy atom. The molecule has 0 saturated carbocycles. The van der Waals surface area contributed by atoms with Crippen molar-refractivity contribution in [2.24, 2.45) is 5.73 Å². The summed E-state index contributed by atoms with van der Waals surface area (Å²) in [7, 11) is 0. The van der Waals surface area contributed by atoms with E-state index in [0.717, 1.165) is 5.69 Å². The van der Waals surface area contributed by atoms with E-state index in [0.29, 0.717) is 13.0 Å². The van der Waals surface area contributed by atoms with Crippen molar-refractivity contribution in [3.63, 3.8) is 0 Å². The number of halogens is 3. The number of carboxylic acids is 1. The number of carbonyl (C=O) groups is 2. The fourth-order valence-corrected chi connectivity index (χ4v) is 1.65. The van der Waals surface area contributed by atoms with Crippen LogP contribution in [0, 0.1) is 0 Å². The number of carbonyl (C=O) groups excluding carboxylic acids is 1. The fraction of sp³-hybridized carbons (Fsp3) is 0.286. The molecular formula is C14H15F3N2O3. The van der Waals surface area contributed by atoms with Crippen molar-refractivity contribution in [2.45, 2.75) is 18.6 Å². The molecule has 0 aromatic heterocycles. The zero-order chi connectivity index (χ0) is 16.8. The maximum Gasteiger partial charge on any atom is 0.490 e. The van der Waals surface area contributed by atoms with Gasteiger partial charge in [0.1, 0.15) is 0 Å². The molecule has 0 saturated heterocycles. The number of anilines is 1. The lowest BCUT2D eigenvalue weighted by Crippen LogP contribution is -2.42. The second-order valence-corrected chi connectivity index (χ2v) is 4.40. The molecule has 1 amide bonds. The smallest absolute Gasteiger partial charge is 0.475 e. The standard InChI is InChI=1S/C12H14N2O.C2HF3O2/c13-11-8-4-5-9-14(12(11)15)10-6-2-1-3-7-10;3-2(4,5)1(6)7/h1-7,11H,8-9,13H2;(H,6,7)/t11-;/m0./s1. The van der Waals surface area contributed by atoms with Gasteiger partial charge in [-0.1, -0.05) is 30.4 Å². The van der Waals surface area contributed by atoms with Gasteiger partial charge in [-0.25, -0.2) is 4.79 Å². The lowest BCUT2D eigenvalue weighted by atomic mass is 10.2. The quantitative estimate of drug-likeness (QED) is 0.776. The van der Waals surface area contributed by atoms with E-state index in [9.17, 15) is 18.0 Å². The summed E-state index contributed by atoms with van der Waals surface area (Å²) in [5.41, 5.74) is 6.67. The molecule has 2 rings (SSSR count). The molecule has 0 spiro atoms. The van der Waals surface area contributed by atoms with E-state index in [1.807, 2.05) is 42.5 Å². The number of alkyl halides is 3. The number of hydrogen-bond acceptors (Lipinski definition) is 3. The maximum absolute atomic E-state index is 11.9. The van der Waals surface area contributed by atoms with Crippen LogP contribution in [0.5, 0.6) is 0 Å². The van der Waals surface area contributed by atoms with Gasteiger partial charge in [0.15, 0.2) is 0 Å². The molecular weight excluding hydrogens is 301 g/mol. The average molecular weight is 316 g/mol. The third kappa shape index (κ3) is 5.21. The fourth-order valence-electron chi connectivity index (χ4n) is 1.65. The van der Waals surface area contributed by atoms with Gasteiger partial charge in [-0.05, 0) is 18.6 Å². The van der Waals surface area contributed by atoms with Crippen LogP contribution in [-0.4, -0.2) is 35.7 Å². The molecule has 0 fully saturated rings. The third-order valence-corrected chi connectivity index (χ3v) is 2.74. The number of benzene rings is 1. The van der Waals surface area contributed by atoms with Crippen LogP contribution in [0.25, 0.3) is 0 Å². The summed E-state index contributed by atoms with van der Waals surface area (Å²) in [5, 5.41) is 7.12. The van der Waals surface area contributed by atoms with E-state index in [1.54, 1.807) is 4.90 Å². The molecule has 0 aliphatic carbocycles. The van der Waals surface area contributed by atoms with Gasteiger partial charge >= 0.3 is 12.1 Å². The zero-order valence-electron chi connectivity index (χ0n) is 11.5. The van der Waals surface area contributed by atoms with E-state index in [4.69, 9.17) is 15.6 Å². The molecule has 3 N–H and O–H groups in total.